The van der Waals surface area contributed by atoms with Gasteiger partial charge in [-0.3, -0.25) is 9.69 Å². The summed E-state index contributed by atoms with van der Waals surface area (Å²) >= 11 is 11.5. The first kappa shape index (κ1) is 18.1. The number of halogens is 5. The van der Waals surface area contributed by atoms with Gasteiger partial charge in [0.1, 0.15) is 0 Å². The molecule has 2 rings (SSSR count). The summed E-state index contributed by atoms with van der Waals surface area (Å²) < 4.78 is 38.0. The van der Waals surface area contributed by atoms with Crippen molar-refractivity contribution >= 4 is 45.7 Å². The highest BCUT2D eigenvalue weighted by molar-refractivity contribution is 6.84. The second-order valence-corrected chi connectivity index (χ2v) is 5.38. The Morgan fingerprint density at radius 2 is 1.46 bits per heavy atom. The Bertz CT molecular complexity index is 759. The Morgan fingerprint density at radius 3 is 1.88 bits per heavy atom. The molecule has 0 aromatic heterocycles. The number of hydrogen-bond donors (Lipinski definition) is 1. The Balaban J connectivity index is 2.50. The molecular weight excluding hydrogens is 366 g/mol. The Hall–Kier alpha value is -2.25. The molecule has 2 aromatic carbocycles. The van der Waals surface area contributed by atoms with Gasteiger partial charge in [0.2, 0.25) is 5.17 Å². The van der Waals surface area contributed by atoms with Crippen molar-refractivity contribution in [2.24, 2.45) is 10.9 Å². The van der Waals surface area contributed by atoms with Gasteiger partial charge in [-0.2, -0.15) is 18.3 Å². The van der Waals surface area contributed by atoms with Gasteiger partial charge in [-0.25, -0.2) is 0 Å². The van der Waals surface area contributed by atoms with Gasteiger partial charge in [-0.15, -0.1) is 0 Å². The van der Waals surface area contributed by atoms with E-state index in [1.165, 1.54) is 24.3 Å². The molecule has 24 heavy (non-hydrogen) atoms. The second kappa shape index (κ2) is 7.11. The van der Waals surface area contributed by atoms with E-state index in [9.17, 15) is 18.0 Å². The van der Waals surface area contributed by atoms with Crippen molar-refractivity contribution in [1.29, 1.82) is 0 Å². The Kier molecular flexibility index (Phi) is 5.36. The number of anilines is 2. The second-order valence-electron chi connectivity index (χ2n) is 4.58. The zero-order valence-corrected chi connectivity index (χ0v) is 13.4. The number of carbonyl (C=O) groups is 1. The lowest BCUT2D eigenvalue weighted by atomic mass is 10.1. The molecule has 0 spiro atoms. The van der Waals surface area contributed by atoms with E-state index in [1.54, 1.807) is 0 Å². The molecule has 0 aliphatic rings. The molecule has 0 bridgehead atoms. The lowest BCUT2D eigenvalue weighted by Crippen LogP contribution is -2.31. The van der Waals surface area contributed by atoms with Crippen LogP contribution in [0.4, 0.5) is 24.5 Å². The van der Waals surface area contributed by atoms with Crippen molar-refractivity contribution in [3.05, 3.63) is 59.1 Å². The van der Waals surface area contributed by atoms with E-state index in [4.69, 9.17) is 29.0 Å². The summed E-state index contributed by atoms with van der Waals surface area (Å²) in [6.45, 7) is 0. The van der Waals surface area contributed by atoms with Crippen molar-refractivity contribution in [2.45, 2.75) is 6.18 Å². The van der Waals surface area contributed by atoms with Crippen LogP contribution in [0, 0.1) is 0 Å². The SMILES string of the molecule is NN=C(Cl)C(=O)N(c1ccc(Cl)cc1)c1ccc(C(F)(F)F)cc1. The number of rotatable bonds is 3. The van der Waals surface area contributed by atoms with Crippen LogP contribution >= 0.6 is 23.2 Å². The number of hydrazone groups is 1. The summed E-state index contributed by atoms with van der Waals surface area (Å²) in [4.78, 5) is 13.4. The van der Waals surface area contributed by atoms with Crippen molar-refractivity contribution in [1.82, 2.24) is 0 Å². The van der Waals surface area contributed by atoms with Gasteiger partial charge in [0.25, 0.3) is 5.91 Å². The summed E-state index contributed by atoms with van der Waals surface area (Å²) in [6.07, 6.45) is -4.48. The van der Waals surface area contributed by atoms with E-state index >= 15 is 0 Å². The molecule has 9 heteroatoms. The molecule has 0 aliphatic heterocycles. The molecule has 0 aliphatic carbocycles. The Morgan fingerprint density at radius 1 is 1.00 bits per heavy atom. The number of carbonyl (C=O) groups excluding carboxylic acids is 1. The number of hydrogen-bond acceptors (Lipinski definition) is 3. The molecular formula is C15H10Cl2F3N3O. The lowest BCUT2D eigenvalue weighted by Gasteiger charge is -2.22. The van der Waals surface area contributed by atoms with Crippen LogP contribution in [0.2, 0.25) is 5.02 Å². The quantitative estimate of drug-likeness (QED) is 0.486. The first-order valence-electron chi connectivity index (χ1n) is 6.44. The molecule has 4 nitrogen and oxygen atoms in total. The minimum Gasteiger partial charge on any atom is -0.322 e. The molecule has 0 saturated heterocycles. The van der Waals surface area contributed by atoms with E-state index in [-0.39, 0.29) is 5.69 Å². The minimum absolute atomic E-state index is 0.164. The highest BCUT2D eigenvalue weighted by atomic mass is 35.5. The number of nitrogens with zero attached hydrogens (tertiary/aromatic N) is 2. The zero-order valence-electron chi connectivity index (χ0n) is 11.9. The van der Waals surface area contributed by atoms with E-state index in [0.717, 1.165) is 29.2 Å². The van der Waals surface area contributed by atoms with Crippen LogP contribution < -0.4 is 10.7 Å². The lowest BCUT2D eigenvalue weighted by molar-refractivity contribution is -0.137. The van der Waals surface area contributed by atoms with Crippen molar-refractivity contribution in [2.75, 3.05) is 4.90 Å². The molecule has 0 unspecified atom stereocenters. The third kappa shape index (κ3) is 3.98. The molecule has 0 saturated carbocycles. The summed E-state index contributed by atoms with van der Waals surface area (Å²) in [7, 11) is 0. The van der Waals surface area contributed by atoms with Gasteiger partial charge in [0.15, 0.2) is 0 Å². The topological polar surface area (TPSA) is 58.7 Å². The molecule has 0 radical (unpaired) electrons. The van der Waals surface area contributed by atoms with Crippen LogP contribution in [0.1, 0.15) is 5.56 Å². The van der Waals surface area contributed by atoms with Crippen molar-refractivity contribution in [3.8, 4) is 0 Å². The summed E-state index contributed by atoms with van der Waals surface area (Å²) in [6, 6.07) is 10.1. The fourth-order valence-electron chi connectivity index (χ4n) is 1.92. The first-order chi connectivity index (χ1) is 11.2. The third-order valence-corrected chi connectivity index (χ3v) is 3.54. The van der Waals surface area contributed by atoms with E-state index in [0.29, 0.717) is 10.7 Å². The van der Waals surface area contributed by atoms with Crippen LogP contribution in [0.15, 0.2) is 53.6 Å². The zero-order chi connectivity index (χ0) is 17.9. The highest BCUT2D eigenvalue weighted by Crippen LogP contribution is 2.33. The predicted molar refractivity (Wildman–Crippen MR) is 87.5 cm³/mol. The molecule has 1 amide bonds. The number of nitrogens with two attached hydrogens (primary N) is 1. The maximum Gasteiger partial charge on any atom is 0.416 e. The monoisotopic (exact) mass is 375 g/mol. The van der Waals surface area contributed by atoms with Crippen LogP contribution in [-0.2, 0) is 11.0 Å². The van der Waals surface area contributed by atoms with Gasteiger partial charge in [-0.1, -0.05) is 23.2 Å². The van der Waals surface area contributed by atoms with Crippen LogP contribution in [0.5, 0.6) is 0 Å². The summed E-state index contributed by atoms with van der Waals surface area (Å²) in [5, 5.41) is 3.02. The van der Waals surface area contributed by atoms with Crippen LogP contribution in [-0.4, -0.2) is 11.1 Å². The van der Waals surface area contributed by atoms with Crippen molar-refractivity contribution in [3.63, 3.8) is 0 Å². The largest absolute Gasteiger partial charge is 0.416 e. The molecule has 0 heterocycles. The number of alkyl halides is 3. The van der Waals surface area contributed by atoms with Gasteiger partial charge in [-0.05, 0) is 48.5 Å². The molecule has 2 N–H and O–H groups in total. The molecule has 0 atom stereocenters. The van der Waals surface area contributed by atoms with Crippen LogP contribution in [0.3, 0.4) is 0 Å². The number of amides is 1. The van der Waals surface area contributed by atoms with E-state index in [1.807, 2.05) is 0 Å². The smallest absolute Gasteiger partial charge is 0.322 e. The minimum atomic E-state index is -4.48. The molecule has 0 fully saturated rings. The fourth-order valence-corrected chi connectivity index (χ4v) is 2.13. The van der Waals surface area contributed by atoms with E-state index < -0.39 is 22.8 Å². The average Bonchev–Trinajstić information content (AvgIpc) is 2.55. The maximum absolute atomic E-state index is 12.7. The Labute approximate surface area is 145 Å². The normalized spacial score (nSPS) is 12.1. The van der Waals surface area contributed by atoms with Gasteiger partial charge in [0, 0.05) is 16.4 Å². The molecule has 2 aromatic rings. The standard InChI is InChI=1S/C15H10Cl2F3N3O/c16-10-3-7-12(8-4-10)23(14(24)13(17)22-21)11-5-1-9(2-6-11)15(18,19)20/h1-8H,21H2. The average molecular weight is 376 g/mol. The highest BCUT2D eigenvalue weighted by Gasteiger charge is 2.31. The maximum atomic E-state index is 12.7. The predicted octanol–water partition coefficient (Wildman–Crippen LogP) is 4.53. The van der Waals surface area contributed by atoms with Crippen LogP contribution in [0.25, 0.3) is 0 Å². The summed E-state index contributed by atoms with van der Waals surface area (Å²) in [5.41, 5.74) is -0.337. The van der Waals surface area contributed by atoms with Crippen molar-refractivity contribution < 1.29 is 18.0 Å². The number of benzene rings is 2. The van der Waals surface area contributed by atoms with E-state index in [2.05, 4.69) is 5.10 Å². The first-order valence-corrected chi connectivity index (χ1v) is 7.20. The van der Waals surface area contributed by atoms with Gasteiger partial charge < -0.3 is 5.84 Å². The van der Waals surface area contributed by atoms with Gasteiger partial charge >= 0.3 is 6.18 Å². The summed E-state index contributed by atoms with van der Waals surface area (Å²) in [5.74, 6) is 4.22. The fraction of sp³-hybridized carbons (Fsp3) is 0.0667. The third-order valence-electron chi connectivity index (χ3n) is 3.03. The van der Waals surface area contributed by atoms with Gasteiger partial charge in [0.05, 0.1) is 5.56 Å². The molecule has 126 valence electrons.